The first-order chi connectivity index (χ1) is 8.41. The Bertz CT molecular complexity index is 375. The van der Waals surface area contributed by atoms with Crippen LogP contribution in [0.5, 0.6) is 0 Å². The van der Waals surface area contributed by atoms with E-state index in [1.54, 1.807) is 0 Å². The van der Waals surface area contributed by atoms with Gasteiger partial charge in [-0.3, -0.25) is 0 Å². The van der Waals surface area contributed by atoms with Crippen LogP contribution < -0.4 is 10.2 Å². The molecule has 0 aliphatic rings. The fourth-order valence-corrected chi connectivity index (χ4v) is 2.14. The van der Waals surface area contributed by atoms with Crippen LogP contribution in [0.25, 0.3) is 0 Å². The molecule has 3 heteroatoms. The van der Waals surface area contributed by atoms with Gasteiger partial charge < -0.3 is 10.2 Å². The number of rotatable bonds is 6. The van der Waals surface area contributed by atoms with E-state index in [0.717, 1.165) is 17.6 Å². The van der Waals surface area contributed by atoms with Crippen molar-refractivity contribution < 1.29 is 0 Å². The predicted octanol–water partition coefficient (Wildman–Crippen LogP) is 4.04. The summed E-state index contributed by atoms with van der Waals surface area (Å²) < 4.78 is 1.14. The van der Waals surface area contributed by atoms with Crippen LogP contribution in [0.15, 0.2) is 22.7 Å². The second-order valence-corrected chi connectivity index (χ2v) is 6.42. The van der Waals surface area contributed by atoms with E-state index in [2.05, 4.69) is 79.1 Å². The Hall–Kier alpha value is -0.540. The lowest BCUT2D eigenvalue weighted by atomic mass is 10.1. The number of nitrogens with zero attached hydrogens (tertiary/aromatic N) is 1. The van der Waals surface area contributed by atoms with Gasteiger partial charge in [0.05, 0.1) is 0 Å². The first kappa shape index (κ1) is 15.5. The third-order valence-electron chi connectivity index (χ3n) is 3.07. The average molecular weight is 313 g/mol. The molecule has 0 atom stereocenters. The van der Waals surface area contributed by atoms with Gasteiger partial charge in [-0.1, -0.05) is 35.8 Å². The summed E-state index contributed by atoms with van der Waals surface area (Å²) in [6.45, 7) is 10.9. The minimum absolute atomic E-state index is 0.503. The lowest BCUT2D eigenvalue weighted by Crippen LogP contribution is -2.28. The van der Waals surface area contributed by atoms with Gasteiger partial charge in [0.25, 0.3) is 0 Å². The second kappa shape index (κ2) is 7.15. The average Bonchev–Trinajstić information content (AvgIpc) is 2.29. The molecule has 0 unspecified atom stereocenters. The Balaban J connectivity index is 2.83. The molecule has 0 spiro atoms. The molecule has 102 valence electrons. The zero-order chi connectivity index (χ0) is 13.7. The molecule has 1 rings (SSSR count). The molecule has 1 aromatic carbocycles. The molecule has 0 heterocycles. The lowest BCUT2D eigenvalue weighted by Gasteiger charge is -2.27. The van der Waals surface area contributed by atoms with Crippen LogP contribution in [0.1, 0.15) is 33.3 Å². The van der Waals surface area contributed by atoms with E-state index in [1.165, 1.54) is 11.3 Å². The number of hydrogen-bond donors (Lipinski definition) is 1. The van der Waals surface area contributed by atoms with E-state index in [1.807, 2.05) is 0 Å². The third kappa shape index (κ3) is 4.62. The predicted molar refractivity (Wildman–Crippen MR) is 84.2 cm³/mol. The molecule has 2 nitrogen and oxygen atoms in total. The van der Waals surface area contributed by atoms with Crippen LogP contribution in [0, 0.1) is 5.92 Å². The highest BCUT2D eigenvalue weighted by Gasteiger charge is 2.10. The van der Waals surface area contributed by atoms with Crippen LogP contribution in [-0.2, 0) is 6.54 Å². The van der Waals surface area contributed by atoms with Crippen molar-refractivity contribution >= 4 is 21.6 Å². The Labute approximate surface area is 120 Å². The Morgan fingerprint density at radius 1 is 1.22 bits per heavy atom. The van der Waals surface area contributed by atoms with E-state index in [4.69, 9.17) is 0 Å². The molecule has 0 bridgehead atoms. The maximum Gasteiger partial charge on any atom is 0.0422 e. The molecular weight excluding hydrogens is 288 g/mol. The van der Waals surface area contributed by atoms with Crippen molar-refractivity contribution in [2.75, 3.05) is 18.5 Å². The SMILES string of the molecule is CC(C)CNCc1ccc(Br)cc1N(C)C(C)C. The standard InChI is InChI=1S/C15H25BrN2/c1-11(2)9-17-10-13-6-7-14(16)8-15(13)18(5)12(3)4/h6-8,11-12,17H,9-10H2,1-5H3. The van der Waals surface area contributed by atoms with Gasteiger partial charge in [-0.15, -0.1) is 0 Å². The largest absolute Gasteiger partial charge is 0.372 e. The Morgan fingerprint density at radius 3 is 2.44 bits per heavy atom. The number of anilines is 1. The minimum Gasteiger partial charge on any atom is -0.372 e. The summed E-state index contributed by atoms with van der Waals surface area (Å²) in [5.74, 6) is 0.687. The highest BCUT2D eigenvalue weighted by Crippen LogP contribution is 2.25. The minimum atomic E-state index is 0.503. The van der Waals surface area contributed by atoms with E-state index >= 15 is 0 Å². The molecule has 0 fully saturated rings. The van der Waals surface area contributed by atoms with Gasteiger partial charge in [-0.05, 0) is 44.0 Å². The lowest BCUT2D eigenvalue weighted by molar-refractivity contribution is 0.551. The summed E-state index contributed by atoms with van der Waals surface area (Å²) in [5.41, 5.74) is 2.66. The molecule has 1 aromatic rings. The Kier molecular flexibility index (Phi) is 6.16. The van der Waals surface area contributed by atoms with Gasteiger partial charge in [0, 0.05) is 29.8 Å². The van der Waals surface area contributed by atoms with Gasteiger partial charge >= 0.3 is 0 Å². The summed E-state index contributed by atoms with van der Waals surface area (Å²) in [7, 11) is 2.15. The van der Waals surface area contributed by atoms with Crippen molar-refractivity contribution in [3.63, 3.8) is 0 Å². The van der Waals surface area contributed by atoms with Gasteiger partial charge in [0.15, 0.2) is 0 Å². The number of nitrogens with one attached hydrogen (secondary N) is 1. The highest BCUT2D eigenvalue weighted by atomic mass is 79.9. The van der Waals surface area contributed by atoms with Crippen LogP contribution in [0.2, 0.25) is 0 Å². The van der Waals surface area contributed by atoms with Crippen molar-refractivity contribution in [3.8, 4) is 0 Å². The van der Waals surface area contributed by atoms with Crippen molar-refractivity contribution in [2.45, 2.75) is 40.3 Å². The highest BCUT2D eigenvalue weighted by molar-refractivity contribution is 9.10. The molecule has 0 aliphatic carbocycles. The van der Waals surface area contributed by atoms with E-state index in [9.17, 15) is 0 Å². The first-order valence-electron chi connectivity index (χ1n) is 6.63. The zero-order valence-electron chi connectivity index (χ0n) is 12.1. The monoisotopic (exact) mass is 312 g/mol. The topological polar surface area (TPSA) is 15.3 Å². The van der Waals surface area contributed by atoms with Gasteiger partial charge in [-0.25, -0.2) is 0 Å². The molecule has 0 saturated carbocycles. The number of hydrogen-bond acceptors (Lipinski definition) is 2. The van der Waals surface area contributed by atoms with Crippen LogP contribution in [0.4, 0.5) is 5.69 Å². The molecule has 0 amide bonds. The van der Waals surface area contributed by atoms with Gasteiger partial charge in [0.2, 0.25) is 0 Å². The molecule has 18 heavy (non-hydrogen) atoms. The van der Waals surface area contributed by atoms with Crippen molar-refractivity contribution in [1.29, 1.82) is 0 Å². The van der Waals surface area contributed by atoms with Crippen LogP contribution in [0.3, 0.4) is 0 Å². The molecule has 0 radical (unpaired) electrons. The van der Waals surface area contributed by atoms with E-state index in [0.29, 0.717) is 12.0 Å². The number of benzene rings is 1. The summed E-state index contributed by atoms with van der Waals surface area (Å²) in [6, 6.07) is 7.02. The fraction of sp³-hybridized carbons (Fsp3) is 0.600. The van der Waals surface area contributed by atoms with Crippen molar-refractivity contribution in [2.24, 2.45) is 5.92 Å². The second-order valence-electron chi connectivity index (χ2n) is 5.50. The van der Waals surface area contributed by atoms with Gasteiger partial charge in [-0.2, -0.15) is 0 Å². The summed E-state index contributed by atoms with van der Waals surface area (Å²) >= 11 is 3.56. The van der Waals surface area contributed by atoms with Crippen molar-refractivity contribution in [1.82, 2.24) is 5.32 Å². The van der Waals surface area contributed by atoms with Gasteiger partial charge in [0.1, 0.15) is 0 Å². The van der Waals surface area contributed by atoms with E-state index < -0.39 is 0 Å². The molecule has 0 saturated heterocycles. The number of halogens is 1. The fourth-order valence-electron chi connectivity index (χ4n) is 1.79. The maximum absolute atomic E-state index is 3.56. The maximum atomic E-state index is 3.56. The van der Waals surface area contributed by atoms with Crippen LogP contribution in [-0.4, -0.2) is 19.6 Å². The molecule has 0 aromatic heterocycles. The smallest absolute Gasteiger partial charge is 0.0422 e. The Morgan fingerprint density at radius 2 is 1.89 bits per heavy atom. The summed E-state index contributed by atoms with van der Waals surface area (Å²) in [5, 5.41) is 3.51. The molecular formula is C15H25BrN2. The van der Waals surface area contributed by atoms with Crippen molar-refractivity contribution in [3.05, 3.63) is 28.2 Å². The molecule has 1 N–H and O–H groups in total. The normalized spacial score (nSPS) is 11.3. The van der Waals surface area contributed by atoms with Crippen LogP contribution >= 0.6 is 15.9 Å². The quantitative estimate of drug-likeness (QED) is 0.853. The zero-order valence-corrected chi connectivity index (χ0v) is 13.7. The first-order valence-corrected chi connectivity index (χ1v) is 7.43. The summed E-state index contributed by atoms with van der Waals surface area (Å²) in [4.78, 5) is 2.32. The molecule has 0 aliphatic heterocycles. The summed E-state index contributed by atoms with van der Waals surface area (Å²) in [6.07, 6.45) is 0. The van der Waals surface area contributed by atoms with E-state index in [-0.39, 0.29) is 0 Å². The third-order valence-corrected chi connectivity index (χ3v) is 3.56.